The van der Waals surface area contributed by atoms with E-state index in [0.717, 1.165) is 6.07 Å². The maximum absolute atomic E-state index is 12.9. The highest BCUT2D eigenvalue weighted by molar-refractivity contribution is 5.79. The average molecular weight is 222 g/mol. The molecule has 2 aromatic rings. The van der Waals surface area contributed by atoms with Gasteiger partial charge in [-0.25, -0.2) is 4.39 Å². The fourth-order valence-electron chi connectivity index (χ4n) is 1.40. The second-order valence-electron chi connectivity index (χ2n) is 3.26. The minimum Gasteiger partial charge on any atom is -0.481 e. The maximum atomic E-state index is 12.9. The summed E-state index contributed by atoms with van der Waals surface area (Å²) >= 11 is 0. The summed E-state index contributed by atoms with van der Waals surface area (Å²) in [5.74, 6) is -1.71. The Morgan fingerprint density at radius 2 is 2.25 bits per heavy atom. The first-order valence-electron chi connectivity index (χ1n) is 4.46. The Morgan fingerprint density at radius 1 is 1.50 bits per heavy atom. The second kappa shape index (κ2) is 3.73. The smallest absolute Gasteiger partial charge is 0.309 e. The zero-order chi connectivity index (χ0) is 11.7. The molecule has 1 aromatic heterocycles. The molecule has 0 saturated carbocycles. The normalized spacial score (nSPS) is 10.6. The van der Waals surface area contributed by atoms with E-state index in [9.17, 15) is 14.0 Å². The molecule has 82 valence electrons. The van der Waals surface area contributed by atoms with Crippen LogP contribution >= 0.6 is 0 Å². The lowest BCUT2D eigenvalue weighted by atomic mass is 10.2. The molecule has 2 N–H and O–H groups in total. The SMILES string of the molecule is O=C(O)Cc1n[nH]c2ccc(F)cc2c1=O. The number of hydrogen-bond acceptors (Lipinski definition) is 3. The van der Waals surface area contributed by atoms with E-state index in [1.165, 1.54) is 12.1 Å². The van der Waals surface area contributed by atoms with E-state index >= 15 is 0 Å². The molecule has 5 nitrogen and oxygen atoms in total. The summed E-state index contributed by atoms with van der Waals surface area (Å²) in [6.45, 7) is 0. The van der Waals surface area contributed by atoms with Gasteiger partial charge in [0, 0.05) is 0 Å². The number of halogens is 1. The topological polar surface area (TPSA) is 83.0 Å². The van der Waals surface area contributed by atoms with E-state index in [1.807, 2.05) is 0 Å². The molecule has 0 amide bonds. The fraction of sp³-hybridized carbons (Fsp3) is 0.100. The largest absolute Gasteiger partial charge is 0.481 e. The zero-order valence-electron chi connectivity index (χ0n) is 8.03. The van der Waals surface area contributed by atoms with Crippen LogP contribution in [-0.2, 0) is 11.2 Å². The number of fused-ring (bicyclic) bond motifs is 1. The van der Waals surface area contributed by atoms with Crippen molar-refractivity contribution >= 4 is 16.9 Å². The van der Waals surface area contributed by atoms with Crippen LogP contribution in [0.1, 0.15) is 5.69 Å². The third kappa shape index (κ3) is 1.77. The number of carboxylic acids is 1. The predicted molar refractivity (Wildman–Crippen MR) is 53.7 cm³/mol. The van der Waals surface area contributed by atoms with E-state index in [1.54, 1.807) is 0 Å². The van der Waals surface area contributed by atoms with Crippen LogP contribution < -0.4 is 5.43 Å². The van der Waals surface area contributed by atoms with Crippen molar-refractivity contribution in [1.82, 2.24) is 10.2 Å². The van der Waals surface area contributed by atoms with E-state index < -0.39 is 23.6 Å². The molecule has 0 saturated heterocycles. The Balaban J connectivity index is 2.68. The van der Waals surface area contributed by atoms with E-state index in [-0.39, 0.29) is 11.1 Å². The van der Waals surface area contributed by atoms with Gasteiger partial charge in [-0.3, -0.25) is 14.7 Å². The summed E-state index contributed by atoms with van der Waals surface area (Å²) in [7, 11) is 0. The number of H-pyrrole nitrogens is 1. The highest BCUT2D eigenvalue weighted by Gasteiger charge is 2.10. The lowest BCUT2D eigenvalue weighted by Gasteiger charge is -1.99. The van der Waals surface area contributed by atoms with Crippen molar-refractivity contribution < 1.29 is 14.3 Å². The first-order chi connectivity index (χ1) is 7.58. The number of nitrogens with zero attached hydrogens (tertiary/aromatic N) is 1. The zero-order valence-corrected chi connectivity index (χ0v) is 8.03. The summed E-state index contributed by atoms with van der Waals surface area (Å²) < 4.78 is 12.9. The summed E-state index contributed by atoms with van der Waals surface area (Å²) in [5, 5.41) is 14.8. The number of nitrogens with one attached hydrogen (secondary N) is 1. The van der Waals surface area contributed by atoms with Crippen molar-refractivity contribution in [3.63, 3.8) is 0 Å². The summed E-state index contributed by atoms with van der Waals surface area (Å²) in [4.78, 5) is 22.2. The van der Waals surface area contributed by atoms with Gasteiger partial charge in [0.2, 0.25) is 5.43 Å². The minimum absolute atomic E-state index is 0.103. The highest BCUT2D eigenvalue weighted by Crippen LogP contribution is 2.08. The lowest BCUT2D eigenvalue weighted by molar-refractivity contribution is -0.136. The first kappa shape index (κ1) is 10.3. The third-order valence-corrected chi connectivity index (χ3v) is 2.12. The predicted octanol–water partition coefficient (Wildman–Crippen LogP) is 0.689. The molecule has 0 bridgehead atoms. The van der Waals surface area contributed by atoms with E-state index in [0.29, 0.717) is 5.52 Å². The van der Waals surface area contributed by atoms with Crippen LogP contribution in [0, 0.1) is 5.82 Å². The van der Waals surface area contributed by atoms with Gasteiger partial charge in [0.05, 0.1) is 17.3 Å². The molecule has 16 heavy (non-hydrogen) atoms. The van der Waals surface area contributed by atoms with E-state index in [4.69, 9.17) is 5.11 Å². The fourth-order valence-corrected chi connectivity index (χ4v) is 1.40. The molecule has 1 heterocycles. The Morgan fingerprint density at radius 3 is 2.94 bits per heavy atom. The van der Waals surface area contributed by atoms with Crippen molar-refractivity contribution in [3.8, 4) is 0 Å². The molecule has 0 aliphatic heterocycles. The van der Waals surface area contributed by atoms with Crippen molar-refractivity contribution in [2.45, 2.75) is 6.42 Å². The van der Waals surface area contributed by atoms with Gasteiger partial charge < -0.3 is 5.11 Å². The molecule has 2 rings (SSSR count). The van der Waals surface area contributed by atoms with Gasteiger partial charge in [0.1, 0.15) is 11.5 Å². The van der Waals surface area contributed by atoms with Crippen molar-refractivity contribution in [2.24, 2.45) is 0 Å². The molecular weight excluding hydrogens is 215 g/mol. The number of aliphatic carboxylic acids is 1. The first-order valence-corrected chi connectivity index (χ1v) is 4.46. The molecule has 0 atom stereocenters. The molecule has 0 unspecified atom stereocenters. The summed E-state index contributed by atoms with van der Waals surface area (Å²) in [5.41, 5.74) is -0.318. The van der Waals surface area contributed by atoms with Crippen LogP contribution in [0.2, 0.25) is 0 Å². The van der Waals surface area contributed by atoms with Gasteiger partial charge in [-0.1, -0.05) is 0 Å². The van der Waals surface area contributed by atoms with Gasteiger partial charge >= 0.3 is 5.97 Å². The number of carboxylic acid groups (broad SMARTS) is 1. The van der Waals surface area contributed by atoms with Crippen LogP contribution in [0.4, 0.5) is 4.39 Å². The number of benzene rings is 1. The van der Waals surface area contributed by atoms with E-state index in [2.05, 4.69) is 10.2 Å². The maximum Gasteiger partial charge on any atom is 0.309 e. The Labute approximate surface area is 88.5 Å². The molecular formula is C10H7FN2O3. The van der Waals surface area contributed by atoms with Gasteiger partial charge in [-0.15, -0.1) is 0 Å². The molecule has 1 aromatic carbocycles. The standard InChI is InChI=1S/C10H7FN2O3/c11-5-1-2-7-6(3-5)10(16)8(13-12-7)4-9(14)15/h1-3H,4H2,(H,12,16)(H,14,15). The number of aromatic nitrogens is 2. The molecule has 6 heteroatoms. The average Bonchev–Trinajstić information content (AvgIpc) is 2.22. The van der Waals surface area contributed by atoms with Gasteiger partial charge in [0.15, 0.2) is 0 Å². The Bertz CT molecular complexity index is 621. The Kier molecular flexibility index (Phi) is 2.40. The van der Waals surface area contributed by atoms with Gasteiger partial charge in [-0.2, -0.15) is 5.10 Å². The molecule has 0 aliphatic carbocycles. The second-order valence-corrected chi connectivity index (χ2v) is 3.26. The monoisotopic (exact) mass is 222 g/mol. The van der Waals surface area contributed by atoms with Crippen molar-refractivity contribution in [1.29, 1.82) is 0 Å². The molecule has 0 aliphatic rings. The quantitative estimate of drug-likeness (QED) is 0.783. The van der Waals surface area contributed by atoms with Crippen molar-refractivity contribution in [2.75, 3.05) is 0 Å². The highest BCUT2D eigenvalue weighted by atomic mass is 19.1. The Hall–Kier alpha value is -2.24. The van der Waals surface area contributed by atoms with Crippen LogP contribution in [-0.4, -0.2) is 21.3 Å². The lowest BCUT2D eigenvalue weighted by Crippen LogP contribution is -2.17. The molecule has 0 fully saturated rings. The van der Waals surface area contributed by atoms with Crippen LogP contribution in [0.5, 0.6) is 0 Å². The van der Waals surface area contributed by atoms with Crippen molar-refractivity contribution in [3.05, 3.63) is 39.9 Å². The number of carbonyl (C=O) groups is 1. The number of aromatic amines is 1. The summed E-state index contributed by atoms with van der Waals surface area (Å²) in [6.07, 6.45) is -0.484. The van der Waals surface area contributed by atoms with Crippen LogP contribution in [0.25, 0.3) is 10.9 Å². The van der Waals surface area contributed by atoms with Gasteiger partial charge in [-0.05, 0) is 18.2 Å². The van der Waals surface area contributed by atoms with Crippen LogP contribution in [0.15, 0.2) is 23.0 Å². The molecule has 0 spiro atoms. The van der Waals surface area contributed by atoms with Crippen LogP contribution in [0.3, 0.4) is 0 Å². The third-order valence-electron chi connectivity index (χ3n) is 2.12. The summed E-state index contributed by atoms with van der Waals surface area (Å²) in [6, 6.07) is 3.63. The minimum atomic E-state index is -1.16. The number of hydrogen-bond donors (Lipinski definition) is 2. The van der Waals surface area contributed by atoms with Gasteiger partial charge in [0.25, 0.3) is 0 Å². The molecule has 0 radical (unpaired) electrons. The number of rotatable bonds is 2.